The van der Waals surface area contributed by atoms with Gasteiger partial charge < -0.3 is 14.4 Å². The number of carbonyl (C=O) groups is 2. The molecule has 1 aliphatic heterocycles. The minimum absolute atomic E-state index is 0.0630. The molecular weight excluding hydrogens is 454 g/mol. The number of methoxy groups -OCH3 is 2. The van der Waals surface area contributed by atoms with Crippen LogP contribution >= 0.6 is 0 Å². The van der Waals surface area contributed by atoms with Gasteiger partial charge in [-0.1, -0.05) is 6.92 Å². The van der Waals surface area contributed by atoms with E-state index in [9.17, 15) is 28.1 Å². The van der Waals surface area contributed by atoms with Crippen LogP contribution < -0.4 is 9.47 Å². The summed E-state index contributed by atoms with van der Waals surface area (Å²) in [7, 11) is -0.917. The average molecular weight is 484 g/mol. The summed E-state index contributed by atoms with van der Waals surface area (Å²) in [6.45, 7) is 2.05. The third-order valence-corrected chi connectivity index (χ3v) is 8.42. The second-order valence-electron chi connectivity index (χ2n) is 8.44. The molecule has 1 saturated carbocycles. The van der Waals surface area contributed by atoms with Gasteiger partial charge in [0.25, 0.3) is 0 Å². The molecule has 33 heavy (non-hydrogen) atoms. The van der Waals surface area contributed by atoms with Crippen LogP contribution in [0, 0.1) is 27.9 Å². The first-order valence-corrected chi connectivity index (χ1v) is 12.2. The normalized spacial score (nSPS) is 24.0. The Bertz CT molecular complexity index is 1020. The first-order chi connectivity index (χ1) is 15.6. The van der Waals surface area contributed by atoms with E-state index in [1.54, 1.807) is 6.92 Å². The minimum atomic E-state index is -3.80. The number of nitrogens with zero attached hydrogens (tertiary/aromatic N) is 3. The Kier molecular flexibility index (Phi) is 7.58. The molecule has 0 N–H and O–H groups in total. The van der Waals surface area contributed by atoms with Gasteiger partial charge in [-0.2, -0.15) is 4.31 Å². The van der Waals surface area contributed by atoms with Crippen LogP contribution in [0.4, 0.5) is 0 Å². The number of Topliss-reactive ketones (excluding diaryl/α,β-unsaturated/α-hetero) is 1. The van der Waals surface area contributed by atoms with Crippen LogP contribution in [-0.4, -0.2) is 81.2 Å². The highest BCUT2D eigenvalue weighted by atomic mass is 32.2. The Morgan fingerprint density at radius 1 is 1.15 bits per heavy atom. The Morgan fingerprint density at radius 3 is 2.36 bits per heavy atom. The van der Waals surface area contributed by atoms with Crippen LogP contribution in [0.3, 0.4) is 0 Å². The second kappa shape index (κ2) is 10.0. The zero-order valence-corrected chi connectivity index (χ0v) is 19.7. The van der Waals surface area contributed by atoms with Crippen molar-refractivity contribution in [1.29, 1.82) is 0 Å². The van der Waals surface area contributed by atoms with Crippen molar-refractivity contribution >= 4 is 21.7 Å². The minimum Gasteiger partial charge on any atom is -0.493 e. The molecule has 0 radical (unpaired) electrons. The summed E-state index contributed by atoms with van der Waals surface area (Å²) < 4.78 is 37.7. The molecule has 12 heteroatoms. The van der Waals surface area contributed by atoms with Crippen molar-refractivity contribution in [2.45, 2.75) is 24.7 Å². The fourth-order valence-electron chi connectivity index (χ4n) is 4.62. The van der Waals surface area contributed by atoms with Crippen LogP contribution in [0.1, 0.15) is 19.8 Å². The molecule has 1 heterocycles. The van der Waals surface area contributed by atoms with Gasteiger partial charge in [-0.25, -0.2) is 8.42 Å². The number of ether oxygens (including phenoxy) is 2. The number of amides is 1. The van der Waals surface area contributed by atoms with Gasteiger partial charge in [-0.05, 0) is 18.1 Å². The van der Waals surface area contributed by atoms with E-state index < -0.39 is 26.8 Å². The largest absolute Gasteiger partial charge is 0.493 e. The quantitative estimate of drug-likeness (QED) is 0.395. The number of sulfonamides is 1. The average Bonchev–Trinajstić information content (AvgIpc) is 3.05. The van der Waals surface area contributed by atoms with E-state index >= 15 is 0 Å². The third-order valence-electron chi connectivity index (χ3n) is 6.52. The molecule has 1 aliphatic carbocycles. The lowest BCUT2D eigenvalue weighted by Crippen LogP contribution is -2.51. The molecule has 2 fully saturated rings. The Morgan fingerprint density at radius 2 is 1.79 bits per heavy atom. The van der Waals surface area contributed by atoms with E-state index in [0.717, 1.165) is 0 Å². The lowest BCUT2D eigenvalue weighted by molar-refractivity contribution is -0.490. The smallest absolute Gasteiger partial charge is 0.243 e. The van der Waals surface area contributed by atoms with Crippen LogP contribution in [0.25, 0.3) is 0 Å². The van der Waals surface area contributed by atoms with Gasteiger partial charge in [0.1, 0.15) is 5.78 Å². The Balaban J connectivity index is 1.64. The number of ketones is 1. The summed E-state index contributed by atoms with van der Waals surface area (Å²) in [5.74, 6) is -0.930. The van der Waals surface area contributed by atoms with Gasteiger partial charge in [0, 0.05) is 61.8 Å². The molecule has 2 aliphatic rings. The van der Waals surface area contributed by atoms with E-state index in [1.165, 1.54) is 41.6 Å². The first kappa shape index (κ1) is 24.9. The van der Waals surface area contributed by atoms with E-state index in [0.29, 0.717) is 11.5 Å². The topological polar surface area (TPSA) is 136 Å². The highest BCUT2D eigenvalue weighted by Crippen LogP contribution is 2.37. The number of piperazine rings is 1. The highest BCUT2D eigenvalue weighted by molar-refractivity contribution is 7.89. The molecule has 1 saturated heterocycles. The summed E-state index contributed by atoms with van der Waals surface area (Å²) in [4.78, 5) is 37.3. The van der Waals surface area contributed by atoms with Crippen LogP contribution in [-0.2, 0) is 19.6 Å². The van der Waals surface area contributed by atoms with Crippen molar-refractivity contribution in [3.05, 3.63) is 28.3 Å². The summed E-state index contributed by atoms with van der Waals surface area (Å²) in [6.07, 6.45) is 0.165. The molecule has 11 nitrogen and oxygen atoms in total. The molecule has 3 unspecified atom stereocenters. The van der Waals surface area contributed by atoms with Gasteiger partial charge >= 0.3 is 0 Å². The molecule has 182 valence electrons. The number of hydrogen-bond acceptors (Lipinski definition) is 8. The number of nitro groups is 1. The molecule has 3 atom stereocenters. The number of hydrogen-bond donors (Lipinski definition) is 0. The number of carbonyl (C=O) groups excluding carboxylic acids is 2. The van der Waals surface area contributed by atoms with Crippen LogP contribution in [0.15, 0.2) is 23.1 Å². The van der Waals surface area contributed by atoms with Crippen LogP contribution in [0.5, 0.6) is 11.5 Å². The summed E-state index contributed by atoms with van der Waals surface area (Å²) in [6, 6.07) is 4.36. The summed E-state index contributed by atoms with van der Waals surface area (Å²) >= 11 is 0. The molecule has 1 aromatic carbocycles. The van der Waals surface area contributed by atoms with Crippen molar-refractivity contribution in [1.82, 2.24) is 9.21 Å². The van der Waals surface area contributed by atoms with E-state index in [1.807, 2.05) is 0 Å². The van der Waals surface area contributed by atoms with Crippen molar-refractivity contribution < 1.29 is 32.4 Å². The highest BCUT2D eigenvalue weighted by Gasteiger charge is 2.44. The Labute approximate surface area is 192 Å². The first-order valence-electron chi connectivity index (χ1n) is 10.7. The monoisotopic (exact) mass is 483 g/mol. The fraction of sp³-hybridized carbons (Fsp3) is 0.619. The van der Waals surface area contributed by atoms with Crippen molar-refractivity contribution in [2.75, 3.05) is 46.9 Å². The van der Waals surface area contributed by atoms with Gasteiger partial charge in [-0.15, -0.1) is 0 Å². The predicted octanol–water partition coefficient (Wildman–Crippen LogP) is 1.04. The molecular formula is C21H29N3O8S. The lowest BCUT2D eigenvalue weighted by Gasteiger charge is -2.34. The third kappa shape index (κ3) is 5.27. The van der Waals surface area contributed by atoms with Gasteiger partial charge in [0.15, 0.2) is 11.5 Å². The number of rotatable bonds is 8. The lowest BCUT2D eigenvalue weighted by atomic mass is 9.87. The van der Waals surface area contributed by atoms with Gasteiger partial charge in [0.05, 0.1) is 19.1 Å². The molecule has 3 rings (SSSR count). The molecule has 1 aromatic rings. The summed E-state index contributed by atoms with van der Waals surface area (Å²) in [5.41, 5.74) is 0. The van der Waals surface area contributed by atoms with Gasteiger partial charge in [-0.3, -0.25) is 19.7 Å². The van der Waals surface area contributed by atoms with Crippen molar-refractivity contribution in [3.8, 4) is 11.5 Å². The molecule has 1 amide bonds. The molecule has 0 bridgehead atoms. The van der Waals surface area contributed by atoms with Crippen molar-refractivity contribution in [2.24, 2.45) is 17.8 Å². The van der Waals surface area contributed by atoms with E-state index in [2.05, 4.69) is 0 Å². The zero-order chi connectivity index (χ0) is 24.3. The fourth-order valence-corrected chi connectivity index (χ4v) is 6.06. The standard InChI is InChI=1S/C21H29N3O8S/c1-14-10-18(25)16(17(14)13-24(27)28)12-21(26)22-6-8-23(9-7-22)33(29,30)15-4-5-19(31-2)20(11-15)32-3/h4-5,11,14,16-17H,6-10,12-13H2,1-3H3. The maximum atomic E-state index is 13.1. The maximum absolute atomic E-state index is 13.1. The van der Waals surface area contributed by atoms with E-state index in [-0.39, 0.29) is 68.1 Å². The maximum Gasteiger partial charge on any atom is 0.243 e. The van der Waals surface area contributed by atoms with E-state index in [4.69, 9.17) is 9.47 Å². The second-order valence-corrected chi connectivity index (χ2v) is 10.4. The molecule has 0 aromatic heterocycles. The number of benzene rings is 1. The SMILES string of the molecule is COc1ccc(S(=O)(=O)N2CCN(C(=O)CC3C(=O)CC(C)C3C[N+](=O)[O-])CC2)cc1OC. The van der Waals surface area contributed by atoms with Crippen LogP contribution in [0.2, 0.25) is 0 Å². The van der Waals surface area contributed by atoms with Crippen molar-refractivity contribution in [3.63, 3.8) is 0 Å². The van der Waals surface area contributed by atoms with Gasteiger partial charge in [0.2, 0.25) is 22.5 Å². The summed E-state index contributed by atoms with van der Waals surface area (Å²) in [5, 5.41) is 11.0. The Hall–Kier alpha value is -2.73. The zero-order valence-electron chi connectivity index (χ0n) is 18.9. The predicted molar refractivity (Wildman–Crippen MR) is 117 cm³/mol. The molecule has 0 spiro atoms.